The Bertz CT molecular complexity index is 1190. The molecule has 1 aromatic carbocycles. The molecule has 5 aromatic rings. The summed E-state index contributed by atoms with van der Waals surface area (Å²) in [6, 6.07) is 10.2. The van der Waals surface area contributed by atoms with Gasteiger partial charge in [0.1, 0.15) is 6.33 Å². The van der Waals surface area contributed by atoms with E-state index < -0.39 is 0 Å². The molecule has 0 radical (unpaired) electrons. The minimum atomic E-state index is 0.739. The first-order chi connectivity index (χ1) is 11.2. The van der Waals surface area contributed by atoms with Crippen LogP contribution in [0.1, 0.15) is 11.4 Å². The quantitative estimate of drug-likeness (QED) is 0.516. The minimum absolute atomic E-state index is 0.739. The number of hydrogen-bond donors (Lipinski definition) is 1. The lowest BCUT2D eigenvalue weighted by molar-refractivity contribution is 0.773. The fourth-order valence-corrected chi connectivity index (χ4v) is 3.15. The molecule has 4 heterocycles. The van der Waals surface area contributed by atoms with Crippen molar-refractivity contribution in [3.8, 4) is 5.82 Å². The average molecular weight is 303 g/mol. The van der Waals surface area contributed by atoms with Crippen molar-refractivity contribution in [2.45, 2.75) is 13.8 Å². The lowest BCUT2D eigenvalue weighted by Crippen LogP contribution is -2.06. The molecule has 0 saturated carbocycles. The number of aromatic amines is 1. The van der Waals surface area contributed by atoms with Gasteiger partial charge in [0.2, 0.25) is 0 Å². The zero-order valence-electron chi connectivity index (χ0n) is 12.6. The molecule has 0 atom stereocenters. The van der Waals surface area contributed by atoms with Crippen molar-refractivity contribution < 1.29 is 0 Å². The van der Waals surface area contributed by atoms with Crippen LogP contribution < -0.4 is 0 Å². The molecule has 0 aliphatic heterocycles. The monoisotopic (exact) mass is 303 g/mol. The van der Waals surface area contributed by atoms with Crippen LogP contribution in [0, 0.1) is 13.8 Å². The van der Waals surface area contributed by atoms with Gasteiger partial charge in [-0.3, -0.25) is 0 Å². The first kappa shape index (κ1) is 12.3. The Hall–Kier alpha value is -3.22. The van der Waals surface area contributed by atoms with Crippen molar-refractivity contribution in [2.75, 3.05) is 0 Å². The van der Waals surface area contributed by atoms with Gasteiger partial charge in [-0.1, -0.05) is 18.2 Å². The maximum Gasteiger partial charge on any atom is 0.198 e. The molecule has 0 aliphatic carbocycles. The molecule has 0 spiro atoms. The number of aromatic nitrogens is 7. The number of rotatable bonds is 1. The first-order valence-corrected chi connectivity index (χ1v) is 7.36. The summed E-state index contributed by atoms with van der Waals surface area (Å²) in [4.78, 5) is 3.46. The highest BCUT2D eigenvalue weighted by Gasteiger charge is 2.18. The summed E-state index contributed by atoms with van der Waals surface area (Å²) in [5.41, 5.74) is 4.68. The molecule has 1 N–H and O–H groups in total. The van der Waals surface area contributed by atoms with Crippen molar-refractivity contribution in [2.24, 2.45) is 0 Å². The van der Waals surface area contributed by atoms with Gasteiger partial charge in [0, 0.05) is 16.6 Å². The highest BCUT2D eigenvalue weighted by Crippen LogP contribution is 2.31. The number of H-pyrrole nitrogens is 1. The topological polar surface area (TPSA) is 76.7 Å². The number of hydrogen-bond acceptors (Lipinski definition) is 4. The molecule has 5 rings (SSSR count). The molecule has 0 saturated heterocycles. The third-order valence-electron chi connectivity index (χ3n) is 4.10. The smallest absolute Gasteiger partial charge is 0.198 e. The Kier molecular flexibility index (Phi) is 2.23. The fourth-order valence-electron chi connectivity index (χ4n) is 3.15. The summed E-state index contributed by atoms with van der Waals surface area (Å²) in [7, 11) is 0. The second-order valence-electron chi connectivity index (χ2n) is 5.68. The van der Waals surface area contributed by atoms with E-state index in [-0.39, 0.29) is 0 Å². The summed E-state index contributed by atoms with van der Waals surface area (Å²) < 4.78 is 3.56. The highest BCUT2D eigenvalue weighted by atomic mass is 15.4. The van der Waals surface area contributed by atoms with Gasteiger partial charge in [-0.2, -0.15) is 9.61 Å². The van der Waals surface area contributed by atoms with Crippen LogP contribution in [0.4, 0.5) is 0 Å². The number of nitrogens with zero attached hydrogens (tertiary/aromatic N) is 6. The van der Waals surface area contributed by atoms with E-state index in [4.69, 9.17) is 0 Å². The van der Waals surface area contributed by atoms with E-state index in [1.54, 1.807) is 10.8 Å². The molecule has 0 fully saturated rings. The van der Waals surface area contributed by atoms with Gasteiger partial charge in [0.05, 0.1) is 16.6 Å². The van der Waals surface area contributed by atoms with Crippen LogP contribution in [0.2, 0.25) is 0 Å². The summed E-state index contributed by atoms with van der Waals surface area (Å²) in [5.74, 6) is 0.745. The number of para-hydroxylation sites is 1. The van der Waals surface area contributed by atoms with E-state index in [0.717, 1.165) is 44.7 Å². The van der Waals surface area contributed by atoms with Crippen LogP contribution in [-0.4, -0.2) is 34.6 Å². The second kappa shape index (κ2) is 4.16. The van der Waals surface area contributed by atoms with Gasteiger partial charge in [-0.15, -0.1) is 15.3 Å². The van der Waals surface area contributed by atoms with Crippen molar-refractivity contribution in [1.29, 1.82) is 0 Å². The molecule has 7 heteroatoms. The van der Waals surface area contributed by atoms with E-state index in [1.165, 1.54) is 0 Å². The summed E-state index contributed by atoms with van der Waals surface area (Å²) >= 11 is 0. The SMILES string of the molecule is Cc1cc(C)n(-c2nn3cnnc3c3c2[nH]c2ccccc23)n1. The molecule has 0 unspecified atom stereocenters. The fraction of sp³-hybridized carbons (Fsp3) is 0.125. The molecule has 23 heavy (non-hydrogen) atoms. The Morgan fingerprint density at radius 1 is 1.09 bits per heavy atom. The molecule has 0 aliphatic rings. The van der Waals surface area contributed by atoms with E-state index in [1.807, 2.05) is 42.8 Å². The van der Waals surface area contributed by atoms with Crippen LogP contribution >= 0.6 is 0 Å². The largest absolute Gasteiger partial charge is 0.351 e. The molecular formula is C16H13N7. The van der Waals surface area contributed by atoms with Crippen molar-refractivity contribution in [3.05, 3.63) is 48.0 Å². The number of benzene rings is 1. The summed E-state index contributed by atoms with van der Waals surface area (Å²) in [5, 5.41) is 19.6. The molecule has 0 bridgehead atoms. The molecule has 112 valence electrons. The van der Waals surface area contributed by atoms with E-state index >= 15 is 0 Å². The van der Waals surface area contributed by atoms with E-state index in [9.17, 15) is 0 Å². The van der Waals surface area contributed by atoms with Gasteiger partial charge in [0.25, 0.3) is 0 Å². The normalized spacial score (nSPS) is 11.9. The summed E-state index contributed by atoms with van der Waals surface area (Å²) in [6.07, 6.45) is 1.62. The van der Waals surface area contributed by atoms with Crippen molar-refractivity contribution >= 4 is 27.5 Å². The Morgan fingerprint density at radius 2 is 1.96 bits per heavy atom. The third-order valence-corrected chi connectivity index (χ3v) is 4.10. The van der Waals surface area contributed by atoms with Crippen LogP contribution in [0.25, 0.3) is 33.3 Å². The Balaban J connectivity index is 2.04. The molecule has 4 aromatic heterocycles. The van der Waals surface area contributed by atoms with E-state index in [0.29, 0.717) is 0 Å². The highest BCUT2D eigenvalue weighted by molar-refractivity contribution is 6.15. The predicted molar refractivity (Wildman–Crippen MR) is 86.7 cm³/mol. The van der Waals surface area contributed by atoms with Crippen LogP contribution in [-0.2, 0) is 0 Å². The van der Waals surface area contributed by atoms with Gasteiger partial charge < -0.3 is 4.98 Å². The lowest BCUT2D eigenvalue weighted by atomic mass is 10.2. The predicted octanol–water partition coefficient (Wildman–Crippen LogP) is 2.56. The minimum Gasteiger partial charge on any atom is -0.351 e. The average Bonchev–Trinajstić information content (AvgIpc) is 3.22. The van der Waals surface area contributed by atoms with Crippen LogP contribution in [0.3, 0.4) is 0 Å². The number of aryl methyl sites for hydroxylation is 2. The third kappa shape index (κ3) is 1.58. The van der Waals surface area contributed by atoms with Gasteiger partial charge in [-0.05, 0) is 26.0 Å². The zero-order chi connectivity index (χ0) is 15.6. The second-order valence-corrected chi connectivity index (χ2v) is 5.68. The van der Waals surface area contributed by atoms with E-state index in [2.05, 4.69) is 31.4 Å². The standard InChI is InChI=1S/C16H13N7/c1-9-7-10(2)23(20-9)16-14-13(15-19-17-8-22(15)21-16)11-5-3-4-6-12(11)18-14/h3-8,18H,1-2H3. The van der Waals surface area contributed by atoms with Crippen molar-refractivity contribution in [3.63, 3.8) is 0 Å². The lowest BCUT2D eigenvalue weighted by Gasteiger charge is -2.06. The van der Waals surface area contributed by atoms with Gasteiger partial charge in [0.15, 0.2) is 11.5 Å². The first-order valence-electron chi connectivity index (χ1n) is 7.36. The number of nitrogens with one attached hydrogen (secondary N) is 1. The van der Waals surface area contributed by atoms with Gasteiger partial charge >= 0.3 is 0 Å². The molecule has 0 amide bonds. The maximum absolute atomic E-state index is 4.66. The maximum atomic E-state index is 4.66. The summed E-state index contributed by atoms with van der Waals surface area (Å²) in [6.45, 7) is 4.00. The van der Waals surface area contributed by atoms with Gasteiger partial charge in [-0.25, -0.2) is 4.68 Å². The van der Waals surface area contributed by atoms with Crippen LogP contribution in [0.15, 0.2) is 36.7 Å². The Labute approximate surface area is 130 Å². The zero-order valence-corrected chi connectivity index (χ0v) is 12.6. The Morgan fingerprint density at radius 3 is 2.78 bits per heavy atom. The number of fused-ring (bicyclic) bond motifs is 5. The van der Waals surface area contributed by atoms with Crippen molar-refractivity contribution in [1.82, 2.24) is 34.6 Å². The van der Waals surface area contributed by atoms with Crippen LogP contribution in [0.5, 0.6) is 0 Å². The molecule has 7 nitrogen and oxygen atoms in total. The molecular weight excluding hydrogens is 290 g/mol.